The summed E-state index contributed by atoms with van der Waals surface area (Å²) in [6.07, 6.45) is 6.25. The van der Waals surface area contributed by atoms with Crippen molar-refractivity contribution in [1.29, 1.82) is 0 Å². The molecular formula is C24H29ClFN3O3. The van der Waals surface area contributed by atoms with Gasteiger partial charge >= 0.3 is 0 Å². The number of hydrogen-bond donors (Lipinski definition) is 1. The largest absolute Gasteiger partial charge is 0.355 e. The van der Waals surface area contributed by atoms with E-state index >= 15 is 0 Å². The molecule has 1 aromatic heterocycles. The molecule has 2 heterocycles. The van der Waals surface area contributed by atoms with Crippen LogP contribution in [0.1, 0.15) is 62.9 Å². The van der Waals surface area contributed by atoms with Gasteiger partial charge in [-0.05, 0) is 49.3 Å². The minimum Gasteiger partial charge on any atom is -0.355 e. The highest BCUT2D eigenvalue weighted by atomic mass is 35.5. The molecule has 1 saturated carbocycles. The Labute approximate surface area is 192 Å². The second-order valence-electron chi connectivity index (χ2n) is 9.32. The molecule has 2 aromatic rings. The van der Waals surface area contributed by atoms with E-state index in [1.807, 2.05) is 13.8 Å². The van der Waals surface area contributed by atoms with Crippen LogP contribution in [0.15, 0.2) is 28.8 Å². The molecule has 1 saturated heterocycles. The molecule has 1 N–H and O–H groups in total. The minimum atomic E-state index is -0.575. The fourth-order valence-electron chi connectivity index (χ4n) is 4.82. The van der Waals surface area contributed by atoms with E-state index in [0.717, 1.165) is 25.7 Å². The molecule has 6 nitrogen and oxygen atoms in total. The monoisotopic (exact) mass is 461 g/mol. The fraction of sp³-hybridized carbons (Fsp3) is 0.542. The molecule has 2 fully saturated rings. The van der Waals surface area contributed by atoms with E-state index in [-0.39, 0.29) is 40.3 Å². The summed E-state index contributed by atoms with van der Waals surface area (Å²) in [5.74, 6) is -0.110. The summed E-state index contributed by atoms with van der Waals surface area (Å²) in [5, 5.41) is 7.14. The van der Waals surface area contributed by atoms with Crippen LogP contribution in [0.25, 0.3) is 11.3 Å². The van der Waals surface area contributed by atoms with E-state index in [9.17, 15) is 14.0 Å². The summed E-state index contributed by atoms with van der Waals surface area (Å²) in [6.45, 7) is 4.53. The zero-order chi connectivity index (χ0) is 22.8. The molecule has 1 aliphatic carbocycles. The van der Waals surface area contributed by atoms with Gasteiger partial charge in [-0.2, -0.15) is 0 Å². The number of carbonyl (C=O) groups excluding carboxylic acids is 2. The van der Waals surface area contributed by atoms with Crippen LogP contribution >= 0.6 is 11.6 Å². The summed E-state index contributed by atoms with van der Waals surface area (Å²) in [4.78, 5) is 28.1. The van der Waals surface area contributed by atoms with Crippen LogP contribution < -0.4 is 5.32 Å². The first kappa shape index (κ1) is 22.8. The predicted octanol–water partition coefficient (Wildman–Crippen LogP) is 5.07. The van der Waals surface area contributed by atoms with Crippen molar-refractivity contribution >= 4 is 23.4 Å². The van der Waals surface area contributed by atoms with Crippen LogP contribution in [0.2, 0.25) is 5.02 Å². The van der Waals surface area contributed by atoms with E-state index < -0.39 is 11.9 Å². The van der Waals surface area contributed by atoms with Gasteiger partial charge < -0.3 is 14.7 Å². The number of piperazine rings is 1. The van der Waals surface area contributed by atoms with Gasteiger partial charge in [0.2, 0.25) is 5.91 Å². The second-order valence-corrected chi connectivity index (χ2v) is 9.73. The van der Waals surface area contributed by atoms with Crippen LogP contribution in [-0.2, 0) is 4.79 Å². The second kappa shape index (κ2) is 9.61. The van der Waals surface area contributed by atoms with Gasteiger partial charge in [0, 0.05) is 24.2 Å². The molecule has 0 unspecified atom stereocenters. The zero-order valence-electron chi connectivity index (χ0n) is 18.4. The van der Waals surface area contributed by atoms with Crippen molar-refractivity contribution in [2.45, 2.75) is 64.5 Å². The first-order valence-corrected chi connectivity index (χ1v) is 11.7. The van der Waals surface area contributed by atoms with Crippen molar-refractivity contribution in [3.8, 4) is 11.3 Å². The third-order valence-corrected chi connectivity index (χ3v) is 6.81. The molecule has 2 amide bonds. The van der Waals surface area contributed by atoms with Crippen LogP contribution in [0.4, 0.5) is 4.39 Å². The average Bonchev–Trinajstić information content (AvgIpc) is 3.27. The van der Waals surface area contributed by atoms with E-state index in [2.05, 4.69) is 10.5 Å². The zero-order valence-corrected chi connectivity index (χ0v) is 19.2. The molecule has 0 radical (unpaired) electrons. The van der Waals surface area contributed by atoms with Crippen molar-refractivity contribution in [3.05, 3.63) is 40.8 Å². The Balaban J connectivity index is 1.58. The lowest BCUT2D eigenvalue weighted by Gasteiger charge is -2.43. The average molecular weight is 462 g/mol. The summed E-state index contributed by atoms with van der Waals surface area (Å²) < 4.78 is 19.2. The molecule has 32 heavy (non-hydrogen) atoms. The molecule has 2 atom stereocenters. The Kier molecular flexibility index (Phi) is 6.84. The lowest BCUT2D eigenvalue weighted by Crippen LogP contribution is -2.63. The SMILES string of the molecule is CC(C)C[C@H]1C(=O)N[C@@H](C2CCCCC2)CN1C(=O)c1cc(-c2ccc(Cl)c(F)c2)on1. The summed E-state index contributed by atoms with van der Waals surface area (Å²) in [7, 11) is 0. The number of amides is 2. The van der Waals surface area contributed by atoms with Gasteiger partial charge in [-0.1, -0.05) is 49.9 Å². The highest BCUT2D eigenvalue weighted by molar-refractivity contribution is 6.30. The number of rotatable bonds is 5. The smallest absolute Gasteiger partial charge is 0.276 e. The van der Waals surface area contributed by atoms with Crippen LogP contribution in [-0.4, -0.2) is 40.5 Å². The molecular weight excluding hydrogens is 433 g/mol. The predicted molar refractivity (Wildman–Crippen MR) is 120 cm³/mol. The van der Waals surface area contributed by atoms with Crippen molar-refractivity contribution in [2.75, 3.05) is 6.54 Å². The minimum absolute atomic E-state index is 0.00850. The van der Waals surface area contributed by atoms with E-state index in [1.54, 1.807) is 11.0 Å². The van der Waals surface area contributed by atoms with E-state index in [0.29, 0.717) is 24.4 Å². The quantitative estimate of drug-likeness (QED) is 0.674. The maximum Gasteiger partial charge on any atom is 0.276 e. The third kappa shape index (κ3) is 4.82. The number of aromatic nitrogens is 1. The Morgan fingerprint density at radius 2 is 2.03 bits per heavy atom. The number of nitrogens with one attached hydrogen (secondary N) is 1. The van der Waals surface area contributed by atoms with Crippen molar-refractivity contribution in [2.24, 2.45) is 11.8 Å². The Bertz CT molecular complexity index is 987. The highest BCUT2D eigenvalue weighted by Crippen LogP contribution is 2.31. The van der Waals surface area contributed by atoms with Gasteiger partial charge in [0.25, 0.3) is 5.91 Å². The lowest BCUT2D eigenvalue weighted by molar-refractivity contribution is -0.131. The normalized spacial score (nSPS) is 22.3. The molecule has 1 aliphatic heterocycles. The number of carbonyl (C=O) groups is 2. The summed E-state index contributed by atoms with van der Waals surface area (Å²) in [6, 6.07) is 5.18. The summed E-state index contributed by atoms with van der Waals surface area (Å²) in [5.41, 5.74) is 0.551. The topological polar surface area (TPSA) is 75.4 Å². The number of halogens is 2. The van der Waals surface area contributed by atoms with E-state index in [1.165, 1.54) is 24.6 Å². The summed E-state index contributed by atoms with van der Waals surface area (Å²) >= 11 is 5.75. The maximum absolute atomic E-state index is 13.8. The van der Waals surface area contributed by atoms with Gasteiger partial charge in [0.15, 0.2) is 11.5 Å². The van der Waals surface area contributed by atoms with Gasteiger partial charge in [-0.15, -0.1) is 0 Å². The first-order valence-electron chi connectivity index (χ1n) is 11.4. The Morgan fingerprint density at radius 3 is 2.72 bits per heavy atom. The molecule has 2 aliphatic rings. The van der Waals surface area contributed by atoms with Crippen molar-refractivity contribution in [1.82, 2.24) is 15.4 Å². The van der Waals surface area contributed by atoms with E-state index in [4.69, 9.17) is 16.1 Å². The molecule has 0 spiro atoms. The van der Waals surface area contributed by atoms with Gasteiger partial charge in [-0.3, -0.25) is 9.59 Å². The molecule has 1 aromatic carbocycles. The highest BCUT2D eigenvalue weighted by Gasteiger charge is 2.41. The Hall–Kier alpha value is -2.41. The number of benzene rings is 1. The third-order valence-electron chi connectivity index (χ3n) is 6.51. The van der Waals surface area contributed by atoms with Gasteiger partial charge in [0.05, 0.1) is 5.02 Å². The van der Waals surface area contributed by atoms with Crippen LogP contribution in [0.3, 0.4) is 0 Å². The molecule has 8 heteroatoms. The standard InChI is InChI=1S/C24H29ClFN3O3/c1-14(2)10-21-23(30)27-20(15-6-4-3-5-7-15)13-29(21)24(31)19-12-22(32-28-19)16-8-9-17(25)18(26)11-16/h8-9,11-12,14-15,20-21H,3-7,10,13H2,1-2H3,(H,27,30)/t20-,21+/m1/s1. The maximum atomic E-state index is 13.8. The van der Waals surface area contributed by atoms with Gasteiger partial charge in [-0.25, -0.2) is 4.39 Å². The molecule has 172 valence electrons. The fourth-order valence-corrected chi connectivity index (χ4v) is 4.94. The first-order chi connectivity index (χ1) is 15.3. The van der Waals surface area contributed by atoms with Crippen molar-refractivity contribution < 1.29 is 18.5 Å². The molecule has 4 rings (SSSR count). The molecule has 0 bridgehead atoms. The van der Waals surface area contributed by atoms with Crippen LogP contribution in [0.5, 0.6) is 0 Å². The Morgan fingerprint density at radius 1 is 1.28 bits per heavy atom. The number of nitrogens with zero attached hydrogens (tertiary/aromatic N) is 2. The lowest BCUT2D eigenvalue weighted by atomic mass is 9.82. The number of hydrogen-bond acceptors (Lipinski definition) is 4. The van der Waals surface area contributed by atoms with Gasteiger partial charge in [0.1, 0.15) is 11.9 Å². The van der Waals surface area contributed by atoms with Crippen LogP contribution in [0, 0.1) is 17.7 Å². The van der Waals surface area contributed by atoms with Crippen molar-refractivity contribution in [3.63, 3.8) is 0 Å².